The molecular formula is C17H24N2O4. The normalized spacial score (nSPS) is 20.8. The fourth-order valence-corrected chi connectivity index (χ4v) is 2.82. The zero-order valence-electron chi connectivity index (χ0n) is 13.9. The molecule has 1 aromatic rings. The number of ether oxygens (including phenoxy) is 1. The third kappa shape index (κ3) is 4.22. The highest BCUT2D eigenvalue weighted by Gasteiger charge is 2.35. The maximum atomic E-state index is 12.1. The lowest BCUT2D eigenvalue weighted by molar-refractivity contribution is -0.132. The van der Waals surface area contributed by atoms with Gasteiger partial charge in [0.2, 0.25) is 5.91 Å². The molecule has 6 nitrogen and oxygen atoms in total. The first-order valence-electron chi connectivity index (χ1n) is 7.84. The number of nitrogens with zero attached hydrogens (tertiary/aromatic N) is 2. The number of carbonyl (C=O) groups is 2. The number of hydrogen-bond acceptors (Lipinski definition) is 4. The SMILES string of the molecule is CCC(=O)N1CC(N(C)C)C[C@H]1COc1ccc(C(=O)O)cc1. The maximum absolute atomic E-state index is 12.1. The van der Waals surface area contributed by atoms with Gasteiger partial charge in [-0.2, -0.15) is 0 Å². The molecule has 1 aliphatic rings. The van der Waals surface area contributed by atoms with Crippen LogP contribution in [0.15, 0.2) is 24.3 Å². The van der Waals surface area contributed by atoms with Crippen LogP contribution in [0.5, 0.6) is 5.75 Å². The molecule has 0 saturated carbocycles. The van der Waals surface area contributed by atoms with E-state index in [0.717, 1.165) is 13.0 Å². The average Bonchev–Trinajstić information content (AvgIpc) is 2.97. The summed E-state index contributed by atoms with van der Waals surface area (Å²) in [5.74, 6) is -0.197. The molecule has 0 spiro atoms. The summed E-state index contributed by atoms with van der Waals surface area (Å²) in [5, 5.41) is 8.89. The minimum atomic E-state index is -0.958. The summed E-state index contributed by atoms with van der Waals surface area (Å²) >= 11 is 0. The van der Waals surface area contributed by atoms with Crippen molar-refractivity contribution < 1.29 is 19.4 Å². The second kappa shape index (κ2) is 7.46. The van der Waals surface area contributed by atoms with Gasteiger partial charge in [-0.1, -0.05) is 6.92 Å². The van der Waals surface area contributed by atoms with Crippen LogP contribution >= 0.6 is 0 Å². The van der Waals surface area contributed by atoms with Gasteiger partial charge in [0.25, 0.3) is 0 Å². The van der Waals surface area contributed by atoms with Gasteiger partial charge < -0.3 is 19.6 Å². The Hall–Kier alpha value is -2.08. The molecule has 0 aliphatic carbocycles. The van der Waals surface area contributed by atoms with Crippen LogP contribution < -0.4 is 4.74 Å². The Kier molecular flexibility index (Phi) is 5.60. The Labute approximate surface area is 136 Å². The fourth-order valence-electron chi connectivity index (χ4n) is 2.82. The van der Waals surface area contributed by atoms with Gasteiger partial charge in [-0.25, -0.2) is 4.79 Å². The third-order valence-electron chi connectivity index (χ3n) is 4.29. The van der Waals surface area contributed by atoms with Gasteiger partial charge in [0.15, 0.2) is 0 Å². The molecule has 0 aromatic heterocycles. The van der Waals surface area contributed by atoms with E-state index in [2.05, 4.69) is 4.90 Å². The summed E-state index contributed by atoms with van der Waals surface area (Å²) in [5.41, 5.74) is 0.230. The first-order chi connectivity index (χ1) is 10.9. The Balaban J connectivity index is 1.99. The third-order valence-corrected chi connectivity index (χ3v) is 4.29. The van der Waals surface area contributed by atoms with Crippen LogP contribution in [0, 0.1) is 0 Å². The number of carboxylic acids is 1. The summed E-state index contributed by atoms with van der Waals surface area (Å²) in [6, 6.07) is 6.72. The number of hydrogen-bond donors (Lipinski definition) is 1. The molecule has 1 heterocycles. The minimum Gasteiger partial charge on any atom is -0.491 e. The van der Waals surface area contributed by atoms with Crippen LogP contribution in [0.1, 0.15) is 30.1 Å². The summed E-state index contributed by atoms with van der Waals surface area (Å²) in [4.78, 5) is 27.0. The fraction of sp³-hybridized carbons (Fsp3) is 0.529. The highest BCUT2D eigenvalue weighted by molar-refractivity contribution is 5.87. The van der Waals surface area contributed by atoms with E-state index in [9.17, 15) is 9.59 Å². The molecule has 1 N–H and O–H groups in total. The van der Waals surface area contributed by atoms with Crippen LogP contribution in [0.25, 0.3) is 0 Å². The van der Waals surface area contributed by atoms with Crippen molar-refractivity contribution in [1.82, 2.24) is 9.80 Å². The van der Waals surface area contributed by atoms with Gasteiger partial charge in [-0.15, -0.1) is 0 Å². The number of rotatable bonds is 6. The first-order valence-corrected chi connectivity index (χ1v) is 7.84. The molecule has 2 rings (SSSR count). The van der Waals surface area contributed by atoms with Crippen molar-refractivity contribution in [3.63, 3.8) is 0 Å². The molecule has 23 heavy (non-hydrogen) atoms. The number of aromatic carboxylic acids is 1. The standard InChI is InChI=1S/C17H24N2O4/c1-4-16(20)19-10-13(18(2)3)9-14(19)11-23-15-7-5-12(6-8-15)17(21)22/h5-8,13-14H,4,9-11H2,1-3H3,(H,21,22)/t13?,14-/m0/s1. The monoisotopic (exact) mass is 320 g/mol. The summed E-state index contributed by atoms with van der Waals surface area (Å²) in [6.45, 7) is 3.02. The molecule has 1 unspecified atom stereocenters. The Morgan fingerprint density at radius 2 is 1.96 bits per heavy atom. The van der Waals surface area contributed by atoms with Crippen LogP contribution in [0.4, 0.5) is 0 Å². The Morgan fingerprint density at radius 3 is 2.48 bits per heavy atom. The van der Waals surface area contributed by atoms with Gasteiger partial charge in [0, 0.05) is 19.0 Å². The average molecular weight is 320 g/mol. The molecule has 0 radical (unpaired) electrons. The van der Waals surface area contributed by atoms with Crippen molar-refractivity contribution in [3.05, 3.63) is 29.8 Å². The molecule has 1 aliphatic heterocycles. The van der Waals surface area contributed by atoms with E-state index in [1.165, 1.54) is 12.1 Å². The first kappa shape index (κ1) is 17.3. The van der Waals surface area contributed by atoms with E-state index in [1.807, 2.05) is 25.9 Å². The maximum Gasteiger partial charge on any atom is 0.335 e. The van der Waals surface area contributed by atoms with Crippen molar-refractivity contribution >= 4 is 11.9 Å². The van der Waals surface area contributed by atoms with Gasteiger partial charge in [-0.3, -0.25) is 4.79 Å². The van der Waals surface area contributed by atoms with Crippen molar-refractivity contribution in [2.75, 3.05) is 27.2 Å². The number of amides is 1. The molecule has 126 valence electrons. The van der Waals surface area contributed by atoms with Gasteiger partial charge in [0.1, 0.15) is 12.4 Å². The van der Waals surface area contributed by atoms with Crippen molar-refractivity contribution in [1.29, 1.82) is 0 Å². The van der Waals surface area contributed by atoms with E-state index in [4.69, 9.17) is 9.84 Å². The van der Waals surface area contributed by atoms with E-state index < -0.39 is 5.97 Å². The molecular weight excluding hydrogens is 296 g/mol. The predicted molar refractivity (Wildman–Crippen MR) is 86.8 cm³/mol. The zero-order valence-corrected chi connectivity index (χ0v) is 13.9. The minimum absolute atomic E-state index is 0.0500. The highest BCUT2D eigenvalue weighted by Crippen LogP contribution is 2.23. The molecule has 0 bridgehead atoms. The van der Waals surface area contributed by atoms with Crippen molar-refractivity contribution in [2.24, 2.45) is 0 Å². The number of likely N-dealkylation sites (N-methyl/N-ethyl adjacent to an activating group) is 1. The second-order valence-corrected chi connectivity index (χ2v) is 6.05. The summed E-state index contributed by atoms with van der Waals surface area (Å²) < 4.78 is 5.77. The van der Waals surface area contributed by atoms with E-state index in [0.29, 0.717) is 24.8 Å². The highest BCUT2D eigenvalue weighted by atomic mass is 16.5. The van der Waals surface area contributed by atoms with Gasteiger partial charge in [0.05, 0.1) is 11.6 Å². The molecule has 6 heteroatoms. The summed E-state index contributed by atoms with van der Waals surface area (Å²) in [6.07, 6.45) is 1.37. The number of carboxylic acid groups (broad SMARTS) is 1. The molecule has 1 fully saturated rings. The smallest absolute Gasteiger partial charge is 0.335 e. The quantitative estimate of drug-likeness (QED) is 0.864. The second-order valence-electron chi connectivity index (χ2n) is 6.05. The van der Waals surface area contributed by atoms with Gasteiger partial charge >= 0.3 is 5.97 Å². The van der Waals surface area contributed by atoms with Gasteiger partial charge in [-0.05, 0) is 44.8 Å². The lowest BCUT2D eigenvalue weighted by Crippen LogP contribution is -2.39. The Morgan fingerprint density at radius 1 is 1.30 bits per heavy atom. The van der Waals surface area contributed by atoms with Crippen LogP contribution in [0.3, 0.4) is 0 Å². The predicted octanol–water partition coefficient (Wildman–Crippen LogP) is 1.70. The van der Waals surface area contributed by atoms with E-state index in [1.54, 1.807) is 12.1 Å². The van der Waals surface area contributed by atoms with E-state index in [-0.39, 0.29) is 17.5 Å². The van der Waals surface area contributed by atoms with Crippen LogP contribution in [-0.2, 0) is 4.79 Å². The van der Waals surface area contributed by atoms with Crippen LogP contribution in [-0.4, -0.2) is 66.1 Å². The lowest BCUT2D eigenvalue weighted by atomic mass is 10.1. The molecule has 2 atom stereocenters. The van der Waals surface area contributed by atoms with Crippen LogP contribution in [0.2, 0.25) is 0 Å². The molecule has 1 aromatic carbocycles. The van der Waals surface area contributed by atoms with Crippen molar-refractivity contribution in [3.8, 4) is 5.75 Å². The van der Waals surface area contributed by atoms with Crippen molar-refractivity contribution in [2.45, 2.75) is 31.8 Å². The Bertz CT molecular complexity index is 556. The zero-order chi connectivity index (χ0) is 17.0. The molecule has 1 saturated heterocycles. The summed E-state index contributed by atoms with van der Waals surface area (Å²) in [7, 11) is 4.04. The number of likely N-dealkylation sites (tertiary alicyclic amines) is 1. The number of benzene rings is 1. The number of carbonyl (C=O) groups excluding carboxylic acids is 1. The van der Waals surface area contributed by atoms with E-state index >= 15 is 0 Å². The lowest BCUT2D eigenvalue weighted by Gasteiger charge is -2.24. The topological polar surface area (TPSA) is 70.1 Å². The molecule has 1 amide bonds. The largest absolute Gasteiger partial charge is 0.491 e.